The van der Waals surface area contributed by atoms with E-state index in [1.807, 2.05) is 0 Å². The second-order valence-electron chi connectivity index (χ2n) is 7.96. The Balaban J connectivity index is 1.75. The van der Waals surface area contributed by atoms with Crippen LogP contribution in [0.4, 0.5) is 0 Å². The highest BCUT2D eigenvalue weighted by Crippen LogP contribution is 2.69. The monoisotopic (exact) mass is 390 g/mol. The third-order valence-corrected chi connectivity index (χ3v) is 6.77. The van der Waals surface area contributed by atoms with E-state index in [0.717, 1.165) is 19.3 Å². The third-order valence-electron chi connectivity index (χ3n) is 6.77. The number of ether oxygens (including phenoxy) is 4. The molecule has 5 rings (SSSR count). The molecule has 3 heterocycles. The zero-order valence-electron chi connectivity index (χ0n) is 15.6. The quantitative estimate of drug-likeness (QED) is 0.778. The molecule has 29 heavy (non-hydrogen) atoms. The highest BCUT2D eigenvalue weighted by molar-refractivity contribution is 5.89. The van der Waals surface area contributed by atoms with Crippen molar-refractivity contribution in [1.82, 2.24) is 0 Å². The average Bonchev–Trinajstić information content (AvgIpc) is 3.19. The summed E-state index contributed by atoms with van der Waals surface area (Å²) in [6.45, 7) is 0.0911. The lowest BCUT2D eigenvalue weighted by atomic mass is 9.52. The van der Waals surface area contributed by atoms with E-state index in [0.29, 0.717) is 29.9 Å². The van der Waals surface area contributed by atoms with E-state index in [9.17, 15) is 15.8 Å². The minimum atomic E-state index is -1.93. The first kappa shape index (κ1) is 17.8. The molecule has 1 N–H and O–H groups in total. The zero-order valence-corrected chi connectivity index (χ0v) is 15.6. The van der Waals surface area contributed by atoms with Gasteiger partial charge in [0.15, 0.2) is 16.9 Å². The molecule has 1 aromatic carbocycles. The lowest BCUT2D eigenvalue weighted by Gasteiger charge is -2.49. The van der Waals surface area contributed by atoms with Crippen molar-refractivity contribution in [3.8, 4) is 29.7 Å². The molecule has 8 heteroatoms. The molecule has 0 spiro atoms. The molecule has 4 atom stereocenters. The molecular formula is C21H18N4O4. The zero-order chi connectivity index (χ0) is 20.3. The van der Waals surface area contributed by atoms with Gasteiger partial charge in [0, 0.05) is 6.42 Å². The number of fused-ring (bicyclic) bond motifs is 1. The van der Waals surface area contributed by atoms with Crippen molar-refractivity contribution in [2.75, 3.05) is 6.79 Å². The van der Waals surface area contributed by atoms with E-state index in [1.54, 1.807) is 18.2 Å². The highest BCUT2D eigenvalue weighted by Gasteiger charge is 2.80. The molecule has 4 unspecified atom stereocenters. The van der Waals surface area contributed by atoms with Gasteiger partial charge < -0.3 is 18.9 Å². The molecule has 1 aliphatic carbocycles. The molecule has 0 radical (unpaired) electrons. The molecule has 0 amide bonds. The van der Waals surface area contributed by atoms with Crippen molar-refractivity contribution in [2.45, 2.75) is 44.0 Å². The lowest BCUT2D eigenvalue weighted by Crippen LogP contribution is -2.59. The number of nitrogens with zero attached hydrogens (tertiary/aromatic N) is 3. The van der Waals surface area contributed by atoms with Crippen molar-refractivity contribution in [2.24, 2.45) is 16.7 Å². The van der Waals surface area contributed by atoms with Crippen molar-refractivity contribution >= 4 is 5.90 Å². The highest BCUT2D eigenvalue weighted by atomic mass is 16.7. The van der Waals surface area contributed by atoms with Gasteiger partial charge in [0.25, 0.3) is 0 Å². The second kappa shape index (κ2) is 5.86. The molecule has 3 aliphatic heterocycles. The Morgan fingerprint density at radius 3 is 2.55 bits per heavy atom. The number of rotatable bonds is 1. The summed E-state index contributed by atoms with van der Waals surface area (Å²) in [7, 11) is 0. The number of nitrogens with one attached hydrogen (secondary N) is 1. The number of hydrogen-bond acceptors (Lipinski definition) is 8. The standard InChI is InChI=1S/C21H18N4O4/c22-9-19(10-23)17(13-5-6-14-15(8-13)27-12-26-14)28-21-7-3-1-2-4-16(21)20(19,11-24)18(25)29-21/h5-6,8,16-17,25H,1-4,7,12H2. The molecule has 8 nitrogen and oxygen atoms in total. The SMILES string of the molecule is N#CC1(C#N)C(c2ccc3c(c2)OCO3)OC23CCCCCC2C1(C#N)C(=N)O3. The van der Waals surface area contributed by atoms with Crippen LogP contribution in [0.25, 0.3) is 0 Å². The summed E-state index contributed by atoms with van der Waals surface area (Å²) >= 11 is 0. The maximum atomic E-state index is 10.3. The molecule has 2 saturated heterocycles. The molecular weight excluding hydrogens is 372 g/mol. The normalized spacial score (nSPS) is 36.0. The van der Waals surface area contributed by atoms with Crippen LogP contribution < -0.4 is 9.47 Å². The predicted molar refractivity (Wildman–Crippen MR) is 96.2 cm³/mol. The third kappa shape index (κ3) is 1.96. The number of benzene rings is 1. The summed E-state index contributed by atoms with van der Waals surface area (Å²) in [5.74, 6) is -0.998. The summed E-state index contributed by atoms with van der Waals surface area (Å²) in [5.41, 5.74) is -3.10. The van der Waals surface area contributed by atoms with Crippen molar-refractivity contribution < 1.29 is 18.9 Å². The first-order chi connectivity index (χ1) is 14.1. The van der Waals surface area contributed by atoms with Crippen LogP contribution in [0.2, 0.25) is 0 Å². The summed E-state index contributed by atoms with van der Waals surface area (Å²) in [4.78, 5) is 0. The fourth-order valence-corrected chi connectivity index (χ4v) is 5.41. The molecule has 4 aliphatic rings. The molecule has 1 aromatic rings. The maximum absolute atomic E-state index is 10.3. The van der Waals surface area contributed by atoms with E-state index in [1.165, 1.54) is 0 Å². The molecule has 2 bridgehead atoms. The van der Waals surface area contributed by atoms with Gasteiger partial charge in [0.2, 0.25) is 23.9 Å². The van der Waals surface area contributed by atoms with Crippen LogP contribution in [-0.2, 0) is 9.47 Å². The van der Waals surface area contributed by atoms with Crippen molar-refractivity contribution in [1.29, 1.82) is 21.2 Å². The van der Waals surface area contributed by atoms with E-state index < -0.39 is 28.6 Å². The van der Waals surface area contributed by atoms with E-state index in [-0.39, 0.29) is 12.7 Å². The summed E-state index contributed by atoms with van der Waals surface area (Å²) in [6, 6.07) is 11.4. The minimum absolute atomic E-state index is 0.0911. The van der Waals surface area contributed by atoms with Crippen LogP contribution in [-0.4, -0.2) is 18.5 Å². The van der Waals surface area contributed by atoms with E-state index >= 15 is 0 Å². The van der Waals surface area contributed by atoms with Gasteiger partial charge in [0.05, 0.1) is 24.1 Å². The largest absolute Gasteiger partial charge is 0.454 e. The fourth-order valence-electron chi connectivity index (χ4n) is 5.41. The number of hydrogen-bond donors (Lipinski definition) is 1. The van der Waals surface area contributed by atoms with E-state index in [4.69, 9.17) is 24.4 Å². The van der Waals surface area contributed by atoms with Gasteiger partial charge in [-0.25, -0.2) is 0 Å². The van der Waals surface area contributed by atoms with Gasteiger partial charge >= 0.3 is 0 Å². The lowest BCUT2D eigenvalue weighted by molar-refractivity contribution is -0.284. The molecule has 0 aromatic heterocycles. The topological polar surface area (TPSA) is 132 Å². The Morgan fingerprint density at radius 2 is 1.79 bits per heavy atom. The van der Waals surface area contributed by atoms with Crippen LogP contribution in [0.15, 0.2) is 18.2 Å². The Kier molecular flexibility index (Phi) is 3.60. The Labute approximate surface area is 167 Å². The van der Waals surface area contributed by atoms with Gasteiger partial charge in [-0.2, -0.15) is 15.8 Å². The van der Waals surface area contributed by atoms with Gasteiger partial charge in [0.1, 0.15) is 6.10 Å². The minimum Gasteiger partial charge on any atom is -0.454 e. The van der Waals surface area contributed by atoms with Crippen LogP contribution in [0, 0.1) is 56.2 Å². The molecule has 3 fully saturated rings. The maximum Gasteiger partial charge on any atom is 0.231 e. The Hall–Kier alpha value is -3.28. The average molecular weight is 390 g/mol. The summed E-state index contributed by atoms with van der Waals surface area (Å²) in [5, 5.41) is 39.4. The van der Waals surface area contributed by atoms with Gasteiger partial charge in [-0.15, -0.1) is 0 Å². The van der Waals surface area contributed by atoms with Crippen molar-refractivity contribution in [3.05, 3.63) is 23.8 Å². The van der Waals surface area contributed by atoms with Crippen LogP contribution >= 0.6 is 0 Å². The van der Waals surface area contributed by atoms with Gasteiger partial charge in [-0.05, 0) is 30.5 Å². The van der Waals surface area contributed by atoms with Crippen LogP contribution in [0.3, 0.4) is 0 Å². The first-order valence-electron chi connectivity index (χ1n) is 9.66. The van der Waals surface area contributed by atoms with Crippen molar-refractivity contribution in [3.63, 3.8) is 0 Å². The smallest absolute Gasteiger partial charge is 0.231 e. The number of nitriles is 3. The predicted octanol–water partition coefficient (Wildman–Crippen LogP) is 3.31. The van der Waals surface area contributed by atoms with Crippen LogP contribution in [0.1, 0.15) is 43.8 Å². The molecule has 146 valence electrons. The van der Waals surface area contributed by atoms with Crippen LogP contribution in [0.5, 0.6) is 11.5 Å². The summed E-state index contributed by atoms with van der Waals surface area (Å²) in [6.07, 6.45) is 2.61. The Morgan fingerprint density at radius 1 is 1.00 bits per heavy atom. The van der Waals surface area contributed by atoms with Gasteiger partial charge in [-0.3, -0.25) is 5.41 Å². The fraction of sp³-hybridized carbons (Fsp3) is 0.524. The summed E-state index contributed by atoms with van der Waals surface area (Å²) < 4.78 is 23.2. The second-order valence-corrected chi connectivity index (χ2v) is 7.96. The Bertz CT molecular complexity index is 1020. The van der Waals surface area contributed by atoms with E-state index in [2.05, 4.69) is 18.2 Å². The van der Waals surface area contributed by atoms with Gasteiger partial charge in [-0.1, -0.05) is 18.9 Å². The first-order valence-corrected chi connectivity index (χ1v) is 9.66. The molecule has 1 saturated carbocycles.